The van der Waals surface area contributed by atoms with Gasteiger partial charge in [0.05, 0.1) is 16.9 Å². The highest BCUT2D eigenvalue weighted by molar-refractivity contribution is 9.10. The normalized spacial score (nSPS) is 11.3. The third-order valence-electron chi connectivity index (χ3n) is 6.04. The van der Waals surface area contributed by atoms with Crippen molar-refractivity contribution in [2.45, 2.75) is 0 Å². The number of benzene rings is 5. The Bertz CT molecular complexity index is 1560. The van der Waals surface area contributed by atoms with E-state index in [1.807, 2.05) is 0 Å². The van der Waals surface area contributed by atoms with Crippen LogP contribution in [0.15, 0.2) is 126 Å². The van der Waals surface area contributed by atoms with E-state index in [1.54, 1.807) is 0 Å². The number of fused-ring (bicyclic) bond motifs is 2. The van der Waals surface area contributed by atoms with Crippen LogP contribution in [-0.4, -0.2) is 4.57 Å². The molecule has 32 heavy (non-hydrogen) atoms. The van der Waals surface area contributed by atoms with Crippen LogP contribution >= 0.6 is 15.9 Å². The Morgan fingerprint density at radius 3 is 2.00 bits per heavy atom. The van der Waals surface area contributed by atoms with Gasteiger partial charge in [-0.1, -0.05) is 101 Å². The molecule has 5 aromatic carbocycles. The van der Waals surface area contributed by atoms with E-state index >= 15 is 0 Å². The molecule has 1 nitrogen and oxygen atoms in total. The molecule has 0 aliphatic heterocycles. The lowest BCUT2D eigenvalue weighted by Crippen LogP contribution is -1.99. The lowest BCUT2D eigenvalue weighted by atomic mass is 9.99. The fraction of sp³-hybridized carbons (Fsp3) is 0. The van der Waals surface area contributed by atoms with E-state index in [4.69, 9.17) is 0 Å². The van der Waals surface area contributed by atoms with E-state index < -0.39 is 0 Å². The average molecular weight is 475 g/mol. The van der Waals surface area contributed by atoms with Crippen LogP contribution in [-0.2, 0) is 0 Å². The number of rotatable bonds is 3. The Morgan fingerprint density at radius 2 is 1.19 bits per heavy atom. The molecule has 0 N–H and O–H groups in total. The summed E-state index contributed by atoms with van der Waals surface area (Å²) in [6.07, 6.45) is 0. The fourth-order valence-electron chi connectivity index (χ4n) is 4.52. The zero-order chi connectivity index (χ0) is 21.5. The molecule has 6 aromatic rings. The average Bonchev–Trinajstić information content (AvgIpc) is 3.24. The van der Waals surface area contributed by atoms with Gasteiger partial charge in [-0.3, -0.25) is 0 Å². The SMILES string of the molecule is Brc1ccc(-[13c]2cc3ccccc3n2-c2cc(-c3ccccc3)cc3ccccc23)cc1. The molecule has 0 fully saturated rings. The van der Waals surface area contributed by atoms with Gasteiger partial charge in [0.15, 0.2) is 0 Å². The highest BCUT2D eigenvalue weighted by Crippen LogP contribution is 2.37. The molecule has 0 bridgehead atoms. The van der Waals surface area contributed by atoms with Crippen LogP contribution in [0.3, 0.4) is 0 Å². The van der Waals surface area contributed by atoms with Crippen LogP contribution < -0.4 is 0 Å². The van der Waals surface area contributed by atoms with Crippen LogP contribution in [0.25, 0.3) is 49.7 Å². The van der Waals surface area contributed by atoms with Gasteiger partial charge in [0, 0.05) is 15.2 Å². The maximum Gasteiger partial charge on any atom is 0.0546 e. The molecular formula is C30H20BrN. The van der Waals surface area contributed by atoms with Crippen molar-refractivity contribution in [3.63, 3.8) is 0 Å². The van der Waals surface area contributed by atoms with Crippen molar-refractivity contribution in [1.82, 2.24) is 4.57 Å². The minimum absolute atomic E-state index is 1.08. The number of halogens is 1. The minimum Gasteiger partial charge on any atom is -0.309 e. The molecule has 0 amide bonds. The van der Waals surface area contributed by atoms with Crippen LogP contribution in [0.5, 0.6) is 0 Å². The van der Waals surface area contributed by atoms with Gasteiger partial charge < -0.3 is 4.57 Å². The monoisotopic (exact) mass is 474 g/mol. The zero-order valence-corrected chi connectivity index (χ0v) is 19.0. The zero-order valence-electron chi connectivity index (χ0n) is 17.4. The van der Waals surface area contributed by atoms with Gasteiger partial charge in [0.2, 0.25) is 0 Å². The smallest absolute Gasteiger partial charge is 0.0546 e. The minimum atomic E-state index is 1.08. The molecule has 0 aliphatic carbocycles. The lowest BCUT2D eigenvalue weighted by molar-refractivity contribution is 1.15. The quantitative estimate of drug-likeness (QED) is 0.241. The van der Waals surface area contributed by atoms with Gasteiger partial charge in [0.25, 0.3) is 0 Å². The van der Waals surface area contributed by atoms with E-state index in [0.717, 1.165) is 4.47 Å². The third kappa shape index (κ3) is 3.24. The third-order valence-corrected chi connectivity index (χ3v) is 6.57. The predicted molar refractivity (Wildman–Crippen MR) is 139 cm³/mol. The molecule has 0 aliphatic rings. The Kier molecular flexibility index (Phi) is 4.66. The molecule has 152 valence electrons. The van der Waals surface area contributed by atoms with Crippen LogP contribution in [0.4, 0.5) is 0 Å². The Labute approximate surface area is 195 Å². The van der Waals surface area contributed by atoms with Crippen molar-refractivity contribution in [2.24, 2.45) is 0 Å². The summed E-state index contributed by atoms with van der Waals surface area (Å²) in [6.45, 7) is 0. The number of aromatic nitrogens is 1. The van der Waals surface area contributed by atoms with Crippen molar-refractivity contribution >= 4 is 37.6 Å². The largest absolute Gasteiger partial charge is 0.309 e. The Hall–Kier alpha value is -3.62. The first-order valence-corrected chi connectivity index (χ1v) is 11.5. The van der Waals surface area contributed by atoms with Crippen molar-refractivity contribution in [1.29, 1.82) is 0 Å². The van der Waals surface area contributed by atoms with Gasteiger partial charge in [-0.05, 0) is 58.5 Å². The molecule has 0 radical (unpaired) electrons. The van der Waals surface area contributed by atoms with Gasteiger partial charge >= 0.3 is 0 Å². The van der Waals surface area contributed by atoms with E-state index in [-0.39, 0.29) is 0 Å². The van der Waals surface area contributed by atoms with E-state index in [0.29, 0.717) is 0 Å². The summed E-state index contributed by atoms with van der Waals surface area (Å²) in [5.41, 5.74) is 7.23. The first kappa shape index (κ1) is 19.1. The summed E-state index contributed by atoms with van der Waals surface area (Å²) in [5.74, 6) is 0. The highest BCUT2D eigenvalue weighted by Gasteiger charge is 2.16. The second-order valence-electron chi connectivity index (χ2n) is 8.01. The molecular weight excluding hydrogens is 455 g/mol. The van der Waals surface area contributed by atoms with E-state index in [2.05, 4.69) is 142 Å². The Balaban J connectivity index is 1.72. The van der Waals surface area contributed by atoms with E-state index in [9.17, 15) is 0 Å². The van der Waals surface area contributed by atoms with Gasteiger partial charge in [-0.2, -0.15) is 0 Å². The van der Waals surface area contributed by atoms with Crippen LogP contribution in [0.1, 0.15) is 0 Å². The summed E-state index contributed by atoms with van der Waals surface area (Å²) in [4.78, 5) is 0. The standard InChI is InChI=1S/C30H20BrN/c31-26-16-14-22(15-17-26)29-19-24-11-5-7-13-28(24)32(29)30-20-25(21-8-2-1-3-9-21)18-23-10-4-6-12-27(23)30/h1-20H/i29+1. The molecule has 6 rings (SSSR count). The molecule has 1 heterocycles. The maximum atomic E-state index is 3.58. The molecule has 0 saturated heterocycles. The van der Waals surface area contributed by atoms with Crippen molar-refractivity contribution in [3.8, 4) is 28.1 Å². The van der Waals surface area contributed by atoms with Crippen molar-refractivity contribution in [3.05, 3.63) is 126 Å². The summed E-state index contributed by atoms with van der Waals surface area (Å²) in [6, 6.07) is 43.4. The summed E-state index contributed by atoms with van der Waals surface area (Å²) < 4.78 is 3.49. The number of hydrogen-bond acceptors (Lipinski definition) is 0. The maximum absolute atomic E-state index is 3.58. The van der Waals surface area contributed by atoms with Crippen LogP contribution in [0, 0.1) is 0 Å². The first-order valence-electron chi connectivity index (χ1n) is 10.7. The summed E-state index contributed by atoms with van der Waals surface area (Å²) in [5, 5.41) is 3.72. The summed E-state index contributed by atoms with van der Waals surface area (Å²) in [7, 11) is 0. The van der Waals surface area contributed by atoms with Crippen LogP contribution in [0.2, 0.25) is 0 Å². The Morgan fingerprint density at radius 1 is 0.500 bits per heavy atom. The van der Waals surface area contributed by atoms with Gasteiger partial charge in [0.1, 0.15) is 0 Å². The molecule has 1 aromatic heterocycles. The predicted octanol–water partition coefficient (Wildman–Crippen LogP) is 8.88. The van der Waals surface area contributed by atoms with Gasteiger partial charge in [-0.15, -0.1) is 0 Å². The topological polar surface area (TPSA) is 4.93 Å². The molecule has 0 spiro atoms. The van der Waals surface area contributed by atoms with Crippen molar-refractivity contribution < 1.29 is 0 Å². The van der Waals surface area contributed by atoms with E-state index in [1.165, 1.54) is 49.7 Å². The highest BCUT2D eigenvalue weighted by atomic mass is 79.9. The lowest BCUT2D eigenvalue weighted by Gasteiger charge is -2.16. The van der Waals surface area contributed by atoms with Crippen molar-refractivity contribution in [2.75, 3.05) is 0 Å². The molecule has 2 heteroatoms. The second-order valence-corrected chi connectivity index (χ2v) is 8.93. The molecule has 0 unspecified atom stereocenters. The van der Waals surface area contributed by atoms with Gasteiger partial charge in [-0.25, -0.2) is 0 Å². The fourth-order valence-corrected chi connectivity index (χ4v) is 4.78. The first-order chi connectivity index (χ1) is 15.8. The second kappa shape index (κ2) is 7.81. The summed E-state index contributed by atoms with van der Waals surface area (Å²) >= 11 is 3.58. The molecule has 0 saturated carbocycles. The number of hydrogen-bond donors (Lipinski definition) is 0. The molecule has 0 atom stereocenters. The number of para-hydroxylation sites is 1. The number of nitrogens with zero attached hydrogens (tertiary/aromatic N) is 1.